The molecule has 2 unspecified atom stereocenters. The molecule has 2 aliphatic carbocycles. The van der Waals surface area contributed by atoms with Crippen LogP contribution in [0.4, 0.5) is 0 Å². The van der Waals surface area contributed by atoms with Gasteiger partial charge in [0.1, 0.15) is 5.78 Å². The summed E-state index contributed by atoms with van der Waals surface area (Å²) in [5.74, 6) is 1.50. The van der Waals surface area contributed by atoms with Crippen LogP contribution in [0.5, 0.6) is 0 Å². The molecule has 1 nitrogen and oxygen atoms in total. The summed E-state index contributed by atoms with van der Waals surface area (Å²) in [7, 11) is 0. The van der Waals surface area contributed by atoms with E-state index >= 15 is 0 Å². The summed E-state index contributed by atoms with van der Waals surface area (Å²) in [5, 5.41) is 0. The minimum absolute atomic E-state index is 0.322. The van der Waals surface area contributed by atoms with E-state index in [1.54, 1.807) is 0 Å². The van der Waals surface area contributed by atoms with E-state index in [-0.39, 0.29) is 0 Å². The molecule has 1 saturated carbocycles. The lowest BCUT2D eigenvalue weighted by atomic mass is 9.71. The van der Waals surface area contributed by atoms with Gasteiger partial charge in [-0.05, 0) is 25.2 Å². The normalized spacial score (nSPS) is 38.2. The van der Waals surface area contributed by atoms with Gasteiger partial charge in [0.25, 0.3) is 0 Å². The highest BCUT2D eigenvalue weighted by molar-refractivity contribution is 5.89. The first-order valence-corrected chi connectivity index (χ1v) is 4.07. The molecule has 2 aliphatic rings. The highest BCUT2D eigenvalue weighted by Crippen LogP contribution is 2.37. The molecule has 1 fully saturated rings. The lowest BCUT2D eigenvalue weighted by Gasteiger charge is -2.31. The average molecular weight is 136 g/mol. The first-order chi connectivity index (χ1) is 4.88. The Morgan fingerprint density at radius 3 is 3.20 bits per heavy atom. The molecule has 2 atom stereocenters. The van der Waals surface area contributed by atoms with Gasteiger partial charge in [-0.15, -0.1) is 0 Å². The van der Waals surface area contributed by atoms with Crippen molar-refractivity contribution in [1.29, 1.82) is 0 Å². The summed E-state index contributed by atoms with van der Waals surface area (Å²) in [6.07, 6.45) is 8.87. The highest BCUT2D eigenvalue weighted by Gasteiger charge is 2.37. The standard InChI is InChI=1S/C9H12O/c10-9-6-7-4-2-1-3-5-8(7)9/h3,5,7-8H,1-2,4,6H2. The third kappa shape index (κ3) is 0.808. The Balaban J connectivity index is 2.10. The maximum atomic E-state index is 11.0. The van der Waals surface area contributed by atoms with Gasteiger partial charge < -0.3 is 0 Å². The first-order valence-electron chi connectivity index (χ1n) is 4.07. The highest BCUT2D eigenvalue weighted by atomic mass is 16.1. The van der Waals surface area contributed by atoms with Crippen LogP contribution in [0, 0.1) is 11.8 Å². The fraction of sp³-hybridized carbons (Fsp3) is 0.667. The van der Waals surface area contributed by atoms with Crippen LogP contribution >= 0.6 is 0 Å². The van der Waals surface area contributed by atoms with Crippen LogP contribution in [0.25, 0.3) is 0 Å². The van der Waals surface area contributed by atoms with Crippen molar-refractivity contribution in [3.8, 4) is 0 Å². The molecule has 0 aromatic carbocycles. The maximum absolute atomic E-state index is 11.0. The Morgan fingerprint density at radius 2 is 2.40 bits per heavy atom. The van der Waals surface area contributed by atoms with Crippen molar-refractivity contribution in [2.75, 3.05) is 0 Å². The summed E-state index contributed by atoms with van der Waals surface area (Å²) in [6.45, 7) is 0. The Hall–Kier alpha value is -0.590. The van der Waals surface area contributed by atoms with Crippen LogP contribution in [0.1, 0.15) is 25.7 Å². The fourth-order valence-corrected chi connectivity index (χ4v) is 1.91. The van der Waals surface area contributed by atoms with E-state index in [1.165, 1.54) is 19.3 Å². The number of ketones is 1. The minimum Gasteiger partial charge on any atom is -0.299 e. The SMILES string of the molecule is O=C1CC2CCCC=CC12. The van der Waals surface area contributed by atoms with Gasteiger partial charge in [0, 0.05) is 12.3 Å². The van der Waals surface area contributed by atoms with Crippen molar-refractivity contribution in [3.63, 3.8) is 0 Å². The second-order valence-corrected chi connectivity index (χ2v) is 3.32. The molecule has 0 aromatic rings. The largest absolute Gasteiger partial charge is 0.299 e. The van der Waals surface area contributed by atoms with E-state index in [4.69, 9.17) is 0 Å². The Morgan fingerprint density at radius 1 is 1.50 bits per heavy atom. The molecule has 2 rings (SSSR count). The third-order valence-corrected chi connectivity index (χ3v) is 2.63. The molecule has 0 bridgehead atoms. The molecule has 0 heterocycles. The Bertz CT molecular complexity index is 181. The van der Waals surface area contributed by atoms with E-state index < -0.39 is 0 Å². The van der Waals surface area contributed by atoms with Gasteiger partial charge in [-0.25, -0.2) is 0 Å². The number of allylic oxidation sites excluding steroid dienone is 2. The van der Waals surface area contributed by atoms with Crippen molar-refractivity contribution in [2.45, 2.75) is 25.7 Å². The zero-order valence-corrected chi connectivity index (χ0v) is 6.05. The van der Waals surface area contributed by atoms with Gasteiger partial charge in [-0.2, -0.15) is 0 Å². The van der Waals surface area contributed by atoms with Gasteiger partial charge >= 0.3 is 0 Å². The molecule has 0 amide bonds. The number of carbonyl (C=O) groups is 1. The van der Waals surface area contributed by atoms with E-state index in [0.717, 1.165) is 6.42 Å². The van der Waals surface area contributed by atoms with Crippen LogP contribution in [-0.4, -0.2) is 5.78 Å². The molecule has 54 valence electrons. The summed E-state index contributed by atoms with van der Waals surface area (Å²) in [4.78, 5) is 11.0. The second-order valence-electron chi connectivity index (χ2n) is 3.32. The van der Waals surface area contributed by atoms with E-state index in [0.29, 0.717) is 17.6 Å². The van der Waals surface area contributed by atoms with Crippen molar-refractivity contribution >= 4 is 5.78 Å². The van der Waals surface area contributed by atoms with Gasteiger partial charge in [-0.3, -0.25) is 4.79 Å². The molecule has 0 aliphatic heterocycles. The molecular formula is C9H12O. The number of hydrogen-bond acceptors (Lipinski definition) is 1. The number of rotatable bonds is 0. The van der Waals surface area contributed by atoms with Crippen molar-refractivity contribution in [1.82, 2.24) is 0 Å². The van der Waals surface area contributed by atoms with Gasteiger partial charge in [0.15, 0.2) is 0 Å². The fourth-order valence-electron chi connectivity index (χ4n) is 1.91. The molecule has 0 spiro atoms. The summed E-state index contributed by atoms with van der Waals surface area (Å²) in [5.41, 5.74) is 0. The second kappa shape index (κ2) is 2.22. The first kappa shape index (κ1) is 6.14. The topological polar surface area (TPSA) is 17.1 Å². The van der Waals surface area contributed by atoms with E-state index in [1.807, 2.05) is 0 Å². The van der Waals surface area contributed by atoms with Gasteiger partial charge in [0.2, 0.25) is 0 Å². The number of Topliss-reactive ketones (excluding diaryl/α,β-unsaturated/α-hetero) is 1. The van der Waals surface area contributed by atoms with Crippen LogP contribution in [0.3, 0.4) is 0 Å². The predicted molar refractivity (Wildman–Crippen MR) is 39.6 cm³/mol. The molecule has 0 radical (unpaired) electrons. The Kier molecular flexibility index (Phi) is 1.37. The quantitative estimate of drug-likeness (QED) is 0.465. The van der Waals surface area contributed by atoms with Crippen molar-refractivity contribution < 1.29 is 4.79 Å². The predicted octanol–water partition coefficient (Wildman–Crippen LogP) is 1.93. The summed E-state index contributed by atoms with van der Waals surface area (Å²) < 4.78 is 0. The number of hydrogen-bond donors (Lipinski definition) is 0. The van der Waals surface area contributed by atoms with E-state index in [9.17, 15) is 4.79 Å². The monoisotopic (exact) mass is 136 g/mol. The number of fused-ring (bicyclic) bond motifs is 1. The summed E-state index contributed by atoms with van der Waals surface area (Å²) >= 11 is 0. The lowest BCUT2D eigenvalue weighted by molar-refractivity contribution is -0.131. The molecule has 0 N–H and O–H groups in total. The molecule has 1 heteroatoms. The molecular weight excluding hydrogens is 124 g/mol. The maximum Gasteiger partial charge on any atom is 0.140 e. The average Bonchev–Trinajstić information content (AvgIpc) is 2.09. The summed E-state index contributed by atoms with van der Waals surface area (Å²) in [6, 6.07) is 0. The zero-order chi connectivity index (χ0) is 6.97. The Labute approximate surface area is 61.1 Å². The van der Waals surface area contributed by atoms with E-state index in [2.05, 4.69) is 12.2 Å². The van der Waals surface area contributed by atoms with Crippen molar-refractivity contribution in [3.05, 3.63) is 12.2 Å². The molecule has 0 aromatic heterocycles. The van der Waals surface area contributed by atoms with Crippen molar-refractivity contribution in [2.24, 2.45) is 11.8 Å². The molecule has 0 saturated heterocycles. The van der Waals surface area contributed by atoms with Crippen LogP contribution in [0.2, 0.25) is 0 Å². The van der Waals surface area contributed by atoms with Crippen LogP contribution in [0.15, 0.2) is 12.2 Å². The third-order valence-electron chi connectivity index (χ3n) is 2.63. The molecule has 10 heavy (non-hydrogen) atoms. The van der Waals surface area contributed by atoms with Crippen LogP contribution in [-0.2, 0) is 4.79 Å². The number of carbonyl (C=O) groups excluding carboxylic acids is 1. The lowest BCUT2D eigenvalue weighted by Crippen LogP contribution is -2.34. The minimum atomic E-state index is 0.322. The smallest absolute Gasteiger partial charge is 0.140 e. The zero-order valence-electron chi connectivity index (χ0n) is 6.05. The van der Waals surface area contributed by atoms with Crippen LogP contribution < -0.4 is 0 Å². The van der Waals surface area contributed by atoms with Gasteiger partial charge in [-0.1, -0.05) is 12.2 Å². The van der Waals surface area contributed by atoms with Gasteiger partial charge in [0.05, 0.1) is 0 Å².